The van der Waals surface area contributed by atoms with Crippen LogP contribution in [0.25, 0.3) is 0 Å². The molecule has 13 N–H and O–H groups in total. The number of carbonyl (C=O) groups excluding carboxylic acids is 6. The number of fused-ring (bicyclic) bond motifs is 14. The van der Waals surface area contributed by atoms with Gasteiger partial charge in [0.1, 0.15) is 24.2 Å². The van der Waals surface area contributed by atoms with Crippen LogP contribution in [0, 0.1) is 0 Å². The summed E-state index contributed by atoms with van der Waals surface area (Å²) >= 11 is 0. The first-order chi connectivity index (χ1) is 24.3. The fraction of sp³-hybridized carbons (Fsp3) is 0.483. The second kappa shape index (κ2) is 19.4. The van der Waals surface area contributed by atoms with E-state index in [2.05, 4.69) is 31.6 Å². The van der Waals surface area contributed by atoms with Crippen LogP contribution in [0.5, 0.6) is 0 Å². The summed E-state index contributed by atoms with van der Waals surface area (Å²) in [7, 11) is 0. The van der Waals surface area contributed by atoms with Crippen LogP contribution in [0.15, 0.2) is 29.3 Å². The highest BCUT2D eigenvalue weighted by molar-refractivity contribution is 6.00. The number of aliphatic carboxylic acids is 2. The Morgan fingerprint density at radius 1 is 0.865 bits per heavy atom. The van der Waals surface area contributed by atoms with Gasteiger partial charge in [-0.1, -0.05) is 24.3 Å². The molecule has 4 atom stereocenters. The van der Waals surface area contributed by atoms with Gasteiger partial charge in [-0.3, -0.25) is 38.6 Å². The SMILES string of the molecule is NCc1ccc(CN2C(=O)[C@@H]3CNC(=O)[C@H](CC(=O)O)NC(=O)CNC(=O)[C@H](CCCN=C(N)N)NC(=O)C[C@@H]2C(=O)N3)cc1.O=C(O)C(F)(F)F. The molecule has 23 heteroatoms. The highest BCUT2D eigenvalue weighted by Crippen LogP contribution is 2.19. The Kier molecular flexibility index (Phi) is 15.7. The maximum absolute atomic E-state index is 13.6. The van der Waals surface area contributed by atoms with Crippen molar-refractivity contribution in [3.05, 3.63) is 35.4 Å². The molecule has 2 bridgehead atoms. The Balaban J connectivity index is 0.00000121. The van der Waals surface area contributed by atoms with Gasteiger partial charge in [-0.25, -0.2) is 4.79 Å². The van der Waals surface area contributed by atoms with Crippen molar-refractivity contribution in [2.24, 2.45) is 22.2 Å². The first-order valence-electron chi connectivity index (χ1n) is 15.4. The molecular formula is C29H39F3N10O10. The van der Waals surface area contributed by atoms with E-state index in [9.17, 15) is 51.8 Å². The van der Waals surface area contributed by atoms with Gasteiger partial charge in [0.15, 0.2) is 5.96 Å². The maximum Gasteiger partial charge on any atom is 0.490 e. The number of carboxylic acid groups (broad SMARTS) is 2. The van der Waals surface area contributed by atoms with Crippen molar-refractivity contribution in [2.45, 2.75) is 69.1 Å². The molecule has 3 saturated heterocycles. The number of benzene rings is 1. The number of carbonyl (C=O) groups is 8. The molecule has 0 saturated carbocycles. The number of nitrogens with one attached hydrogen (secondary N) is 5. The van der Waals surface area contributed by atoms with E-state index in [1.807, 2.05) is 0 Å². The van der Waals surface area contributed by atoms with Gasteiger partial charge in [0.2, 0.25) is 35.4 Å². The fourth-order valence-corrected chi connectivity index (χ4v) is 4.78. The molecule has 3 aliphatic heterocycles. The summed E-state index contributed by atoms with van der Waals surface area (Å²) in [5.41, 5.74) is 17.8. The van der Waals surface area contributed by atoms with Crippen molar-refractivity contribution < 1.29 is 61.7 Å². The van der Waals surface area contributed by atoms with Gasteiger partial charge in [-0.15, -0.1) is 0 Å². The number of halogens is 3. The van der Waals surface area contributed by atoms with Crippen LogP contribution >= 0.6 is 0 Å². The first kappa shape index (κ1) is 42.2. The van der Waals surface area contributed by atoms with E-state index in [0.29, 0.717) is 12.1 Å². The number of piperazine rings is 1. The number of amides is 6. The van der Waals surface area contributed by atoms with E-state index in [-0.39, 0.29) is 31.9 Å². The van der Waals surface area contributed by atoms with Gasteiger partial charge in [-0.05, 0) is 24.0 Å². The lowest BCUT2D eigenvalue weighted by molar-refractivity contribution is -0.192. The Labute approximate surface area is 293 Å². The molecule has 1 aromatic carbocycles. The third-order valence-electron chi connectivity index (χ3n) is 7.34. The van der Waals surface area contributed by atoms with Crippen molar-refractivity contribution in [3.63, 3.8) is 0 Å². The molecule has 20 nitrogen and oxygen atoms in total. The predicted octanol–water partition coefficient (Wildman–Crippen LogP) is -3.89. The van der Waals surface area contributed by atoms with Crippen molar-refractivity contribution >= 4 is 53.3 Å². The highest BCUT2D eigenvalue weighted by Gasteiger charge is 2.42. The minimum atomic E-state index is -5.08. The van der Waals surface area contributed by atoms with Crippen molar-refractivity contribution in [1.29, 1.82) is 0 Å². The maximum atomic E-state index is 13.6. The summed E-state index contributed by atoms with van der Waals surface area (Å²) in [6.45, 7) is -0.708. The number of alkyl halides is 3. The minimum Gasteiger partial charge on any atom is -0.481 e. The molecule has 4 rings (SSSR count). The van der Waals surface area contributed by atoms with E-state index in [0.717, 1.165) is 5.56 Å². The monoisotopic (exact) mass is 744 g/mol. The van der Waals surface area contributed by atoms with E-state index >= 15 is 0 Å². The summed E-state index contributed by atoms with van der Waals surface area (Å²) in [6.07, 6.45) is -6.10. The number of nitrogens with zero attached hydrogens (tertiary/aromatic N) is 2. The lowest BCUT2D eigenvalue weighted by Gasteiger charge is -2.39. The summed E-state index contributed by atoms with van der Waals surface area (Å²) in [4.78, 5) is 104. The second-order valence-corrected chi connectivity index (χ2v) is 11.3. The van der Waals surface area contributed by atoms with Gasteiger partial charge in [0.05, 0.1) is 19.4 Å². The van der Waals surface area contributed by atoms with E-state index < -0.39 is 104 Å². The Morgan fingerprint density at radius 2 is 1.44 bits per heavy atom. The molecule has 3 heterocycles. The van der Waals surface area contributed by atoms with Gasteiger partial charge in [-0.2, -0.15) is 13.2 Å². The van der Waals surface area contributed by atoms with Crippen LogP contribution in [-0.2, 0) is 51.4 Å². The molecule has 1 aromatic rings. The van der Waals surface area contributed by atoms with Crippen LogP contribution in [0.3, 0.4) is 0 Å². The second-order valence-electron chi connectivity index (χ2n) is 11.3. The summed E-state index contributed by atoms with van der Waals surface area (Å²) < 4.78 is 31.7. The van der Waals surface area contributed by atoms with Crippen LogP contribution in [-0.4, -0.2) is 118 Å². The fourth-order valence-electron chi connectivity index (χ4n) is 4.78. The largest absolute Gasteiger partial charge is 0.490 e. The molecule has 52 heavy (non-hydrogen) atoms. The Morgan fingerprint density at radius 3 is 2.00 bits per heavy atom. The molecule has 0 unspecified atom stereocenters. The lowest BCUT2D eigenvalue weighted by atomic mass is 10.0. The van der Waals surface area contributed by atoms with E-state index in [1.54, 1.807) is 24.3 Å². The van der Waals surface area contributed by atoms with Gasteiger partial charge in [0, 0.05) is 26.2 Å². The molecular weight excluding hydrogens is 705 g/mol. The van der Waals surface area contributed by atoms with E-state index in [1.165, 1.54) is 4.90 Å². The first-order valence-corrected chi connectivity index (χ1v) is 15.4. The number of hydrogen-bond acceptors (Lipinski definition) is 10. The number of carboxylic acids is 2. The third-order valence-corrected chi connectivity index (χ3v) is 7.34. The smallest absolute Gasteiger partial charge is 0.481 e. The molecule has 6 amide bonds. The average Bonchev–Trinajstić information content (AvgIpc) is 3.06. The molecule has 0 aromatic heterocycles. The predicted molar refractivity (Wildman–Crippen MR) is 171 cm³/mol. The van der Waals surface area contributed by atoms with Crippen LogP contribution < -0.4 is 43.8 Å². The van der Waals surface area contributed by atoms with Gasteiger partial charge in [0.25, 0.3) is 0 Å². The van der Waals surface area contributed by atoms with Crippen LogP contribution in [0.1, 0.15) is 36.8 Å². The zero-order valence-electron chi connectivity index (χ0n) is 27.4. The topological polar surface area (TPSA) is 331 Å². The number of rotatable bonds is 9. The zero-order chi connectivity index (χ0) is 39.2. The van der Waals surface area contributed by atoms with Crippen molar-refractivity contribution in [1.82, 2.24) is 31.5 Å². The van der Waals surface area contributed by atoms with Gasteiger partial charge >= 0.3 is 18.1 Å². The average molecular weight is 745 g/mol. The normalized spacial score (nSPS) is 21.6. The van der Waals surface area contributed by atoms with E-state index in [4.69, 9.17) is 27.1 Å². The minimum absolute atomic E-state index is 0.0368. The standard InChI is InChI=1S/C27H38N10O8.C2HF3O2/c28-10-14-3-5-15(6-4-14)13-37-19-9-20(38)34-16(2-1-7-31-27(29)30)23(42)33-12-21(39)35-17(8-22(40)41)24(43)32-11-18(26(37)45)36-25(19)44;3-2(4,5)1(6)7/h3-6,16-19H,1-2,7-13,28H2,(H,32,43)(H,33,42)(H,34,38)(H,35,39)(H,36,44)(H,40,41)(H4,29,30,31);(H,6,7)/t16-,17-,18-,19+;/m0./s1. The van der Waals surface area contributed by atoms with Gasteiger partial charge < -0.3 is 58.9 Å². The number of guanidine groups is 1. The molecule has 286 valence electrons. The highest BCUT2D eigenvalue weighted by atomic mass is 19.4. The van der Waals surface area contributed by atoms with Crippen LogP contribution in [0.2, 0.25) is 0 Å². The molecule has 3 aliphatic rings. The summed E-state index contributed by atoms with van der Waals surface area (Å²) in [5, 5.41) is 28.5. The third kappa shape index (κ3) is 13.7. The number of aliphatic imine (C=N–C) groups is 1. The molecule has 0 radical (unpaired) electrons. The zero-order valence-corrected chi connectivity index (χ0v) is 27.4. The van der Waals surface area contributed by atoms with Crippen LogP contribution in [0.4, 0.5) is 13.2 Å². The number of hydrogen-bond donors (Lipinski definition) is 10. The van der Waals surface area contributed by atoms with Crippen molar-refractivity contribution in [2.75, 3.05) is 19.6 Å². The van der Waals surface area contributed by atoms with Crippen molar-refractivity contribution in [3.8, 4) is 0 Å². The molecule has 3 fully saturated rings. The summed E-state index contributed by atoms with van der Waals surface area (Å²) in [5.74, 6) is -8.93. The lowest BCUT2D eigenvalue weighted by Crippen LogP contribution is -2.66. The Bertz CT molecular complexity index is 1540. The summed E-state index contributed by atoms with van der Waals surface area (Å²) in [6, 6.07) is 1.68. The molecule has 0 aliphatic carbocycles. The number of nitrogens with two attached hydrogens (primary N) is 3. The Hall–Kier alpha value is -6.00. The quantitative estimate of drug-likeness (QED) is 0.0501. The molecule has 0 spiro atoms.